The van der Waals surface area contributed by atoms with E-state index in [0.717, 1.165) is 52.4 Å². The van der Waals surface area contributed by atoms with Gasteiger partial charge in [0.25, 0.3) is 0 Å². The third-order valence-corrected chi connectivity index (χ3v) is 7.67. The third-order valence-electron chi connectivity index (χ3n) is 7.67. The van der Waals surface area contributed by atoms with Crippen LogP contribution >= 0.6 is 0 Å². The Labute approximate surface area is 193 Å². The molecule has 0 bridgehead atoms. The van der Waals surface area contributed by atoms with Crippen LogP contribution < -0.4 is 9.80 Å². The van der Waals surface area contributed by atoms with E-state index in [4.69, 9.17) is 0 Å². The first-order chi connectivity index (χ1) is 15.5. The van der Waals surface area contributed by atoms with Crippen LogP contribution in [0.15, 0.2) is 48.5 Å². The number of benzene rings is 2. The summed E-state index contributed by atoms with van der Waals surface area (Å²) >= 11 is 0. The number of hydrogen-bond acceptors (Lipinski definition) is 6. The first-order valence-corrected chi connectivity index (χ1v) is 12.0. The molecule has 0 radical (unpaired) electrons. The topological polar surface area (TPSA) is 19.4 Å². The fraction of sp³-hybridized carbons (Fsp3) is 0.538. The van der Waals surface area contributed by atoms with Crippen LogP contribution in [0.25, 0.3) is 0 Å². The van der Waals surface area contributed by atoms with Gasteiger partial charge in [0, 0.05) is 63.7 Å². The molecular formula is C26H38N6. The fourth-order valence-electron chi connectivity index (χ4n) is 5.75. The maximum Gasteiger partial charge on any atom is 0.0882 e. The largest absolute Gasteiger partial charge is 0.368 e. The molecule has 6 nitrogen and oxygen atoms in total. The molecule has 0 amide bonds. The van der Waals surface area contributed by atoms with Crippen molar-refractivity contribution in [2.24, 2.45) is 0 Å². The zero-order valence-corrected chi connectivity index (χ0v) is 20.1. The van der Waals surface area contributed by atoms with Crippen molar-refractivity contribution in [2.75, 3.05) is 90.3 Å². The summed E-state index contributed by atoms with van der Waals surface area (Å²) < 4.78 is 0. The van der Waals surface area contributed by atoms with Crippen LogP contribution in [0.3, 0.4) is 0 Å². The Morgan fingerprint density at radius 3 is 1.00 bits per heavy atom. The van der Waals surface area contributed by atoms with E-state index in [9.17, 15) is 0 Å². The Kier molecular flexibility index (Phi) is 6.12. The highest BCUT2D eigenvalue weighted by Gasteiger charge is 2.29. The van der Waals surface area contributed by atoms with E-state index < -0.39 is 0 Å². The predicted molar refractivity (Wildman–Crippen MR) is 133 cm³/mol. The molecule has 2 aromatic rings. The highest BCUT2D eigenvalue weighted by atomic mass is 15.4. The minimum atomic E-state index is 0.410. The summed E-state index contributed by atoms with van der Waals surface area (Å²) in [6.45, 7) is 8.83. The Hall–Kier alpha value is -2.12. The SMILES string of the molecule is CN1CCN(C)C1c1ccc(N2CCN(c3ccc(C4N(C)CCN4C)cc3)CC2)cc1. The Morgan fingerprint density at radius 2 is 0.719 bits per heavy atom. The lowest BCUT2D eigenvalue weighted by Gasteiger charge is -2.38. The van der Waals surface area contributed by atoms with Crippen LogP contribution in [-0.2, 0) is 0 Å². The van der Waals surface area contributed by atoms with E-state index in [1.807, 2.05) is 0 Å². The fourth-order valence-corrected chi connectivity index (χ4v) is 5.75. The number of likely N-dealkylation sites (N-methyl/N-ethyl adjacent to an activating group) is 4. The molecule has 2 aromatic carbocycles. The molecular weight excluding hydrogens is 396 g/mol. The molecule has 32 heavy (non-hydrogen) atoms. The van der Waals surface area contributed by atoms with Gasteiger partial charge in [0.1, 0.15) is 0 Å². The number of hydrogen-bond donors (Lipinski definition) is 0. The van der Waals surface area contributed by atoms with Gasteiger partial charge in [-0.25, -0.2) is 0 Å². The van der Waals surface area contributed by atoms with Crippen molar-refractivity contribution in [3.63, 3.8) is 0 Å². The van der Waals surface area contributed by atoms with Crippen molar-refractivity contribution >= 4 is 11.4 Å². The summed E-state index contributed by atoms with van der Waals surface area (Å²) in [5, 5.41) is 0. The molecule has 0 atom stereocenters. The van der Waals surface area contributed by atoms with Crippen molar-refractivity contribution in [3.8, 4) is 0 Å². The Bertz CT molecular complexity index is 794. The predicted octanol–water partition coefficient (Wildman–Crippen LogP) is 2.76. The zero-order chi connectivity index (χ0) is 22.2. The molecule has 3 heterocycles. The molecule has 0 unspecified atom stereocenters. The molecule has 3 saturated heterocycles. The van der Waals surface area contributed by atoms with Crippen LogP contribution in [0.2, 0.25) is 0 Å². The molecule has 5 rings (SSSR count). The van der Waals surface area contributed by atoms with Gasteiger partial charge in [0.05, 0.1) is 12.3 Å². The molecule has 3 fully saturated rings. The number of rotatable bonds is 4. The molecule has 0 aromatic heterocycles. The molecule has 3 aliphatic rings. The highest BCUT2D eigenvalue weighted by molar-refractivity contribution is 5.53. The van der Waals surface area contributed by atoms with E-state index in [-0.39, 0.29) is 0 Å². The average Bonchev–Trinajstić information content (AvgIpc) is 3.34. The van der Waals surface area contributed by atoms with Crippen molar-refractivity contribution in [1.29, 1.82) is 0 Å². The smallest absolute Gasteiger partial charge is 0.0882 e. The van der Waals surface area contributed by atoms with Gasteiger partial charge in [-0.2, -0.15) is 0 Å². The normalized spacial score (nSPS) is 23.0. The summed E-state index contributed by atoms with van der Waals surface area (Å²) in [6, 6.07) is 18.5. The van der Waals surface area contributed by atoms with E-state index in [1.54, 1.807) is 0 Å². The standard InChI is InChI=1S/C26H38N6/c1-27-13-14-28(2)25(27)21-5-9-23(10-6-21)31-17-19-32(20-18-31)24-11-7-22(8-12-24)26-29(3)15-16-30(26)4/h5-12,25-26H,13-20H2,1-4H3. The number of anilines is 2. The van der Waals surface area contributed by atoms with E-state index >= 15 is 0 Å². The third kappa shape index (κ3) is 4.13. The minimum absolute atomic E-state index is 0.410. The molecule has 172 valence electrons. The molecule has 0 N–H and O–H groups in total. The van der Waals surface area contributed by atoms with Crippen molar-refractivity contribution in [3.05, 3.63) is 59.7 Å². The van der Waals surface area contributed by atoms with Crippen molar-refractivity contribution < 1.29 is 0 Å². The highest BCUT2D eigenvalue weighted by Crippen LogP contribution is 2.30. The molecule has 0 aliphatic carbocycles. The van der Waals surface area contributed by atoms with Crippen molar-refractivity contribution in [2.45, 2.75) is 12.3 Å². The second-order valence-corrected chi connectivity index (χ2v) is 9.83. The molecule has 0 spiro atoms. The summed E-state index contributed by atoms with van der Waals surface area (Å²) in [7, 11) is 8.88. The molecule has 6 heteroatoms. The van der Waals surface area contributed by atoms with Gasteiger partial charge in [0.2, 0.25) is 0 Å². The van der Waals surface area contributed by atoms with Gasteiger partial charge in [-0.3, -0.25) is 19.6 Å². The minimum Gasteiger partial charge on any atom is -0.368 e. The second kappa shape index (κ2) is 9.02. The lowest BCUT2D eigenvalue weighted by atomic mass is 10.1. The first-order valence-electron chi connectivity index (χ1n) is 12.0. The zero-order valence-electron chi connectivity index (χ0n) is 20.1. The monoisotopic (exact) mass is 434 g/mol. The van der Waals surface area contributed by atoms with Crippen LogP contribution in [-0.4, -0.2) is 100 Å². The second-order valence-electron chi connectivity index (χ2n) is 9.83. The number of nitrogens with zero attached hydrogens (tertiary/aromatic N) is 6. The first kappa shape index (κ1) is 21.7. The van der Waals surface area contributed by atoms with Gasteiger partial charge >= 0.3 is 0 Å². The van der Waals surface area contributed by atoms with Crippen LogP contribution in [0.5, 0.6) is 0 Å². The summed E-state index contributed by atoms with van der Waals surface area (Å²) in [6.07, 6.45) is 0.820. The quantitative estimate of drug-likeness (QED) is 0.732. The lowest BCUT2D eigenvalue weighted by Crippen LogP contribution is -2.46. The van der Waals surface area contributed by atoms with Gasteiger partial charge < -0.3 is 9.80 Å². The molecule has 0 saturated carbocycles. The summed E-state index contributed by atoms with van der Waals surface area (Å²) in [4.78, 5) is 14.8. The average molecular weight is 435 g/mol. The van der Waals surface area contributed by atoms with E-state index in [0.29, 0.717) is 12.3 Å². The number of piperazine rings is 1. The van der Waals surface area contributed by atoms with Crippen LogP contribution in [0, 0.1) is 0 Å². The van der Waals surface area contributed by atoms with Gasteiger partial charge in [-0.15, -0.1) is 0 Å². The van der Waals surface area contributed by atoms with E-state index in [2.05, 4.69) is 106 Å². The van der Waals surface area contributed by atoms with Gasteiger partial charge in [-0.1, -0.05) is 24.3 Å². The van der Waals surface area contributed by atoms with Crippen LogP contribution in [0.4, 0.5) is 11.4 Å². The summed E-state index contributed by atoms with van der Waals surface area (Å²) in [5.74, 6) is 0. The van der Waals surface area contributed by atoms with Gasteiger partial charge in [-0.05, 0) is 63.6 Å². The van der Waals surface area contributed by atoms with Gasteiger partial charge in [0.15, 0.2) is 0 Å². The maximum atomic E-state index is 2.53. The van der Waals surface area contributed by atoms with E-state index in [1.165, 1.54) is 22.5 Å². The lowest BCUT2D eigenvalue weighted by molar-refractivity contribution is 0.190. The Balaban J connectivity index is 1.19. The van der Waals surface area contributed by atoms with Crippen molar-refractivity contribution in [1.82, 2.24) is 19.6 Å². The molecule has 3 aliphatic heterocycles. The summed E-state index contributed by atoms with van der Waals surface area (Å²) in [5.41, 5.74) is 5.49. The Morgan fingerprint density at radius 1 is 0.438 bits per heavy atom. The maximum absolute atomic E-state index is 2.53. The van der Waals surface area contributed by atoms with Crippen LogP contribution in [0.1, 0.15) is 23.5 Å².